The van der Waals surface area contributed by atoms with Gasteiger partial charge in [0, 0.05) is 18.5 Å². The van der Waals surface area contributed by atoms with Gasteiger partial charge in [-0.3, -0.25) is 9.59 Å². The summed E-state index contributed by atoms with van der Waals surface area (Å²) in [6, 6.07) is 5.24. The summed E-state index contributed by atoms with van der Waals surface area (Å²) in [6.07, 6.45) is 0.783. The molecule has 3 rings (SSSR count). The third-order valence-electron chi connectivity index (χ3n) is 4.51. The van der Waals surface area contributed by atoms with Gasteiger partial charge in [0.25, 0.3) is 5.91 Å². The quantitative estimate of drug-likeness (QED) is 0.878. The van der Waals surface area contributed by atoms with Crippen LogP contribution in [0.4, 0.5) is 5.69 Å². The molecule has 1 atom stereocenters. The number of carbonyl (C=O) groups is 2. The van der Waals surface area contributed by atoms with Crippen LogP contribution in [0.15, 0.2) is 23.3 Å². The van der Waals surface area contributed by atoms with E-state index in [0.29, 0.717) is 12.1 Å². The first-order valence-electron chi connectivity index (χ1n) is 8.24. The largest absolute Gasteiger partial charge is 0.321 e. The number of hydrogen-bond donors (Lipinski definition) is 1. The van der Waals surface area contributed by atoms with Crippen LogP contribution in [0.1, 0.15) is 30.4 Å². The minimum atomic E-state index is -3.13. The highest BCUT2D eigenvalue weighted by atomic mass is 32.2. The minimum absolute atomic E-state index is 0.0566. The smallest absolute Gasteiger partial charge is 0.271 e. The fourth-order valence-corrected chi connectivity index (χ4v) is 4.83. The van der Waals surface area contributed by atoms with Crippen molar-refractivity contribution in [1.82, 2.24) is 5.01 Å². The Hall–Kier alpha value is -2.22. The van der Waals surface area contributed by atoms with E-state index in [9.17, 15) is 18.0 Å². The number of nitrogens with zero attached hydrogens (tertiary/aromatic N) is 2. The second-order valence-corrected chi connectivity index (χ2v) is 8.84. The van der Waals surface area contributed by atoms with E-state index in [1.807, 2.05) is 32.0 Å². The molecule has 1 unspecified atom stereocenters. The van der Waals surface area contributed by atoms with Crippen molar-refractivity contribution in [3.63, 3.8) is 0 Å². The summed E-state index contributed by atoms with van der Waals surface area (Å²) < 4.78 is 23.3. The van der Waals surface area contributed by atoms with Crippen LogP contribution in [0.25, 0.3) is 0 Å². The number of hydrogen-bond acceptors (Lipinski definition) is 5. The molecule has 7 nitrogen and oxygen atoms in total. The SMILES string of the molecule is Cc1ccc(NC(=O)C2=NN(C3CCS(=O)(=O)C3)C(=O)CC2)c(C)c1. The normalized spacial score (nSPS) is 22.6. The molecule has 2 aliphatic rings. The van der Waals surface area contributed by atoms with Crippen molar-refractivity contribution in [1.29, 1.82) is 0 Å². The Morgan fingerprint density at radius 1 is 1.28 bits per heavy atom. The molecule has 0 aromatic heterocycles. The summed E-state index contributed by atoms with van der Waals surface area (Å²) in [5.41, 5.74) is 3.00. The first kappa shape index (κ1) is 17.6. The summed E-state index contributed by atoms with van der Waals surface area (Å²) in [7, 11) is -3.13. The summed E-state index contributed by atoms with van der Waals surface area (Å²) >= 11 is 0. The molecule has 0 aliphatic carbocycles. The van der Waals surface area contributed by atoms with E-state index in [1.54, 1.807) is 0 Å². The molecule has 8 heteroatoms. The second-order valence-electron chi connectivity index (χ2n) is 6.61. The number of carbonyl (C=O) groups excluding carboxylic acids is 2. The molecule has 2 aliphatic heterocycles. The Morgan fingerprint density at radius 3 is 2.68 bits per heavy atom. The number of rotatable bonds is 3. The average molecular weight is 363 g/mol. The molecule has 0 saturated carbocycles. The van der Waals surface area contributed by atoms with Gasteiger partial charge in [-0.25, -0.2) is 13.4 Å². The zero-order valence-corrected chi connectivity index (χ0v) is 15.1. The predicted octanol–water partition coefficient (Wildman–Crippen LogP) is 1.41. The molecule has 0 radical (unpaired) electrons. The monoisotopic (exact) mass is 363 g/mol. The number of nitrogens with one attached hydrogen (secondary N) is 1. The van der Waals surface area contributed by atoms with Crippen LogP contribution in [0, 0.1) is 13.8 Å². The molecule has 2 heterocycles. The zero-order chi connectivity index (χ0) is 18.2. The average Bonchev–Trinajstić information content (AvgIpc) is 2.90. The lowest BCUT2D eigenvalue weighted by molar-refractivity contribution is -0.133. The van der Waals surface area contributed by atoms with Gasteiger partial charge >= 0.3 is 0 Å². The maximum Gasteiger partial charge on any atom is 0.271 e. The maximum absolute atomic E-state index is 12.5. The molecular weight excluding hydrogens is 342 g/mol. The second kappa shape index (κ2) is 6.59. The van der Waals surface area contributed by atoms with Gasteiger partial charge in [-0.05, 0) is 31.9 Å². The van der Waals surface area contributed by atoms with Crippen molar-refractivity contribution in [2.75, 3.05) is 16.8 Å². The molecule has 25 heavy (non-hydrogen) atoms. The van der Waals surface area contributed by atoms with E-state index >= 15 is 0 Å². The lowest BCUT2D eigenvalue weighted by Crippen LogP contribution is -2.42. The van der Waals surface area contributed by atoms with E-state index in [0.717, 1.165) is 11.1 Å². The molecular formula is C17H21N3O4S. The molecule has 2 amide bonds. The number of amides is 2. The number of aryl methyl sites for hydroxylation is 2. The molecule has 1 fully saturated rings. The van der Waals surface area contributed by atoms with Crippen molar-refractivity contribution < 1.29 is 18.0 Å². The van der Waals surface area contributed by atoms with Gasteiger partial charge < -0.3 is 5.32 Å². The fourth-order valence-electron chi connectivity index (χ4n) is 3.14. The molecule has 0 bridgehead atoms. The van der Waals surface area contributed by atoms with Crippen molar-refractivity contribution in [3.8, 4) is 0 Å². The van der Waals surface area contributed by atoms with Crippen LogP contribution in [0.2, 0.25) is 0 Å². The Bertz CT molecular complexity index is 861. The molecule has 1 saturated heterocycles. The summed E-state index contributed by atoms with van der Waals surface area (Å²) in [4.78, 5) is 24.6. The van der Waals surface area contributed by atoms with Crippen molar-refractivity contribution in [2.45, 2.75) is 39.2 Å². The number of benzene rings is 1. The minimum Gasteiger partial charge on any atom is -0.321 e. The van der Waals surface area contributed by atoms with Gasteiger partial charge in [0.2, 0.25) is 5.91 Å². The van der Waals surface area contributed by atoms with E-state index in [1.165, 1.54) is 5.01 Å². The van der Waals surface area contributed by atoms with Crippen molar-refractivity contribution in [2.24, 2.45) is 5.10 Å². The number of hydrazone groups is 1. The Morgan fingerprint density at radius 2 is 2.04 bits per heavy atom. The Balaban J connectivity index is 1.77. The van der Waals surface area contributed by atoms with Gasteiger partial charge in [0.15, 0.2) is 9.84 Å². The van der Waals surface area contributed by atoms with E-state index in [2.05, 4.69) is 10.4 Å². The van der Waals surface area contributed by atoms with Gasteiger partial charge in [0.05, 0.1) is 17.5 Å². The summed E-state index contributed by atoms with van der Waals surface area (Å²) in [6.45, 7) is 3.88. The standard InChI is InChI=1S/C17H21N3O4S/c1-11-3-4-14(12(2)9-11)18-17(22)15-5-6-16(21)20(19-15)13-7-8-25(23,24)10-13/h3-4,9,13H,5-8,10H2,1-2H3,(H,18,22). The Labute approximate surface area is 147 Å². The number of anilines is 1. The number of sulfone groups is 1. The van der Waals surface area contributed by atoms with Gasteiger partial charge in [-0.1, -0.05) is 17.7 Å². The lowest BCUT2D eigenvalue weighted by Gasteiger charge is -2.27. The first-order valence-corrected chi connectivity index (χ1v) is 10.1. The highest BCUT2D eigenvalue weighted by Crippen LogP contribution is 2.23. The Kier molecular flexibility index (Phi) is 4.64. The summed E-state index contributed by atoms with van der Waals surface area (Å²) in [5.74, 6) is -0.620. The highest BCUT2D eigenvalue weighted by molar-refractivity contribution is 7.91. The zero-order valence-electron chi connectivity index (χ0n) is 14.3. The van der Waals surface area contributed by atoms with E-state index in [-0.39, 0.29) is 41.9 Å². The third kappa shape index (κ3) is 3.89. The van der Waals surface area contributed by atoms with Gasteiger partial charge in [-0.15, -0.1) is 0 Å². The predicted molar refractivity (Wildman–Crippen MR) is 95.1 cm³/mol. The summed E-state index contributed by atoms with van der Waals surface area (Å²) in [5, 5.41) is 8.20. The van der Waals surface area contributed by atoms with Crippen molar-refractivity contribution in [3.05, 3.63) is 29.3 Å². The van der Waals surface area contributed by atoms with Crippen LogP contribution >= 0.6 is 0 Å². The molecule has 1 aromatic rings. The van der Waals surface area contributed by atoms with Crippen LogP contribution in [0.3, 0.4) is 0 Å². The maximum atomic E-state index is 12.5. The van der Waals surface area contributed by atoms with Crippen LogP contribution in [0.5, 0.6) is 0 Å². The third-order valence-corrected chi connectivity index (χ3v) is 6.26. The van der Waals surface area contributed by atoms with Crippen LogP contribution in [-0.2, 0) is 19.4 Å². The fraction of sp³-hybridized carbons (Fsp3) is 0.471. The van der Waals surface area contributed by atoms with Gasteiger partial charge in [0.1, 0.15) is 5.71 Å². The topological polar surface area (TPSA) is 95.9 Å². The van der Waals surface area contributed by atoms with Crippen LogP contribution in [-0.4, -0.2) is 48.5 Å². The molecule has 1 aromatic carbocycles. The van der Waals surface area contributed by atoms with E-state index in [4.69, 9.17) is 0 Å². The van der Waals surface area contributed by atoms with Crippen molar-refractivity contribution >= 4 is 33.1 Å². The highest BCUT2D eigenvalue weighted by Gasteiger charge is 2.37. The molecule has 1 N–H and O–H groups in total. The lowest BCUT2D eigenvalue weighted by atomic mass is 10.1. The molecule has 134 valence electrons. The van der Waals surface area contributed by atoms with E-state index < -0.39 is 15.9 Å². The molecule has 0 spiro atoms. The van der Waals surface area contributed by atoms with Gasteiger partial charge in [-0.2, -0.15) is 5.10 Å². The first-order chi connectivity index (χ1) is 11.7. The van der Waals surface area contributed by atoms with Crippen LogP contribution < -0.4 is 5.32 Å².